The van der Waals surface area contributed by atoms with Gasteiger partial charge in [-0.25, -0.2) is 0 Å². The molecule has 2 saturated carbocycles. The van der Waals surface area contributed by atoms with Gasteiger partial charge in [0.1, 0.15) is 0 Å². The molecule has 0 aromatic heterocycles. The molecule has 22 heavy (non-hydrogen) atoms. The quantitative estimate of drug-likeness (QED) is 0.785. The molecule has 3 aliphatic rings. The smallest absolute Gasteiger partial charge is 0.226 e. The van der Waals surface area contributed by atoms with Crippen molar-refractivity contribution in [3.8, 4) is 0 Å². The summed E-state index contributed by atoms with van der Waals surface area (Å²) < 4.78 is 0. The predicted octanol–water partition coefficient (Wildman–Crippen LogP) is 3.39. The third kappa shape index (κ3) is 3.86. The van der Waals surface area contributed by atoms with Gasteiger partial charge in [0, 0.05) is 19.0 Å². The number of hydrogen-bond donors (Lipinski definition) is 1. The maximum absolute atomic E-state index is 12.9. The molecule has 0 aromatic rings. The van der Waals surface area contributed by atoms with Gasteiger partial charge in [0.2, 0.25) is 5.91 Å². The highest BCUT2D eigenvalue weighted by molar-refractivity contribution is 5.85. The average Bonchev–Trinajstić information content (AvgIpc) is 3.21. The molecule has 2 aliphatic carbocycles. The Morgan fingerprint density at radius 1 is 1.23 bits per heavy atom. The van der Waals surface area contributed by atoms with Gasteiger partial charge in [-0.15, -0.1) is 19.0 Å². The number of nitrogens with one attached hydrogen (secondary N) is 1. The van der Waals surface area contributed by atoms with Crippen LogP contribution in [-0.2, 0) is 4.79 Å². The number of hydrogen-bond acceptors (Lipinski definition) is 2. The van der Waals surface area contributed by atoms with E-state index in [0.717, 1.165) is 38.5 Å². The van der Waals surface area contributed by atoms with Gasteiger partial charge in [-0.3, -0.25) is 4.79 Å². The van der Waals surface area contributed by atoms with E-state index < -0.39 is 0 Å². The van der Waals surface area contributed by atoms with Crippen LogP contribution in [0.25, 0.3) is 0 Å². The zero-order valence-electron chi connectivity index (χ0n) is 13.7. The first-order chi connectivity index (χ1) is 10.2. The molecule has 1 heterocycles. The molecular formula is C18H31ClN2O. The summed E-state index contributed by atoms with van der Waals surface area (Å²) in [6, 6.07) is 0. The highest BCUT2D eigenvalue weighted by atomic mass is 35.5. The van der Waals surface area contributed by atoms with Crippen LogP contribution in [0.2, 0.25) is 0 Å². The fourth-order valence-electron chi connectivity index (χ4n) is 4.49. The molecule has 1 spiro atoms. The minimum atomic E-state index is 0. The van der Waals surface area contributed by atoms with Gasteiger partial charge in [0.05, 0.1) is 0 Å². The summed E-state index contributed by atoms with van der Waals surface area (Å²) in [5.74, 6) is 1.45. The minimum absolute atomic E-state index is 0. The molecule has 3 nitrogen and oxygen atoms in total. The molecule has 0 radical (unpaired) electrons. The lowest BCUT2D eigenvalue weighted by atomic mass is 9.88. The Bertz CT molecular complexity index is 387. The molecule has 0 aromatic carbocycles. The number of amides is 1. The fraction of sp³-hybridized carbons (Fsp3) is 0.833. The Labute approximate surface area is 141 Å². The summed E-state index contributed by atoms with van der Waals surface area (Å²) in [7, 11) is 0. The van der Waals surface area contributed by atoms with Crippen molar-refractivity contribution in [2.24, 2.45) is 17.3 Å². The lowest BCUT2D eigenvalue weighted by Gasteiger charge is -2.31. The second kappa shape index (κ2) is 7.83. The summed E-state index contributed by atoms with van der Waals surface area (Å²) >= 11 is 0. The third-order valence-corrected chi connectivity index (χ3v) is 5.95. The molecule has 3 fully saturated rings. The van der Waals surface area contributed by atoms with Gasteiger partial charge in [0.15, 0.2) is 0 Å². The number of carbonyl (C=O) groups is 1. The molecule has 4 heteroatoms. The Kier molecular flexibility index (Phi) is 6.34. The van der Waals surface area contributed by atoms with E-state index in [4.69, 9.17) is 0 Å². The second-order valence-electron chi connectivity index (χ2n) is 7.41. The molecule has 1 aliphatic heterocycles. The maximum atomic E-state index is 12.9. The van der Waals surface area contributed by atoms with Crippen LogP contribution in [0.1, 0.15) is 51.4 Å². The molecule has 0 bridgehead atoms. The Morgan fingerprint density at radius 2 is 1.91 bits per heavy atom. The number of carbonyl (C=O) groups excluding carboxylic acids is 1. The van der Waals surface area contributed by atoms with Gasteiger partial charge in [0.25, 0.3) is 0 Å². The first kappa shape index (κ1) is 17.8. The maximum Gasteiger partial charge on any atom is 0.226 e. The van der Waals surface area contributed by atoms with E-state index in [2.05, 4.69) is 16.8 Å². The molecule has 126 valence electrons. The van der Waals surface area contributed by atoms with Crippen LogP contribution < -0.4 is 5.32 Å². The molecule has 1 saturated heterocycles. The van der Waals surface area contributed by atoms with Gasteiger partial charge in [-0.05, 0) is 56.5 Å². The topological polar surface area (TPSA) is 32.3 Å². The first-order valence-corrected chi connectivity index (χ1v) is 8.85. The number of halogens is 1. The van der Waals surface area contributed by atoms with E-state index in [0.29, 0.717) is 17.2 Å². The number of piperidine rings is 1. The van der Waals surface area contributed by atoms with Crippen molar-refractivity contribution in [1.29, 1.82) is 0 Å². The van der Waals surface area contributed by atoms with Crippen molar-refractivity contribution in [3.63, 3.8) is 0 Å². The van der Waals surface area contributed by atoms with E-state index in [1.165, 1.54) is 44.9 Å². The summed E-state index contributed by atoms with van der Waals surface area (Å²) in [6.07, 6.45) is 12.1. The van der Waals surface area contributed by atoms with E-state index in [-0.39, 0.29) is 12.4 Å². The van der Waals surface area contributed by atoms with Crippen molar-refractivity contribution in [3.05, 3.63) is 12.7 Å². The van der Waals surface area contributed by atoms with Crippen LogP contribution in [0.5, 0.6) is 0 Å². The largest absolute Gasteiger partial charge is 0.338 e. The third-order valence-electron chi connectivity index (χ3n) is 5.95. The second-order valence-corrected chi connectivity index (χ2v) is 7.41. The van der Waals surface area contributed by atoms with Gasteiger partial charge < -0.3 is 10.2 Å². The molecular weight excluding hydrogens is 296 g/mol. The van der Waals surface area contributed by atoms with Crippen LogP contribution >= 0.6 is 12.4 Å². The van der Waals surface area contributed by atoms with E-state index in [9.17, 15) is 4.79 Å². The van der Waals surface area contributed by atoms with Crippen molar-refractivity contribution < 1.29 is 4.79 Å². The lowest BCUT2D eigenvalue weighted by molar-refractivity contribution is -0.133. The monoisotopic (exact) mass is 326 g/mol. The van der Waals surface area contributed by atoms with Crippen molar-refractivity contribution in [2.75, 3.05) is 26.2 Å². The zero-order chi connectivity index (χ0) is 14.7. The fourth-order valence-corrected chi connectivity index (χ4v) is 4.49. The SMILES string of the molecule is C=CCN(CC1CCCCC1)C(=O)C1CC12CCNCC2.Cl. The Hall–Kier alpha value is -0.540. The number of nitrogens with zero attached hydrogens (tertiary/aromatic N) is 1. The lowest BCUT2D eigenvalue weighted by Crippen LogP contribution is -2.39. The number of rotatable bonds is 5. The summed E-state index contributed by atoms with van der Waals surface area (Å²) in [5.41, 5.74) is 0.355. The predicted molar refractivity (Wildman–Crippen MR) is 93.2 cm³/mol. The van der Waals surface area contributed by atoms with Gasteiger partial charge in [-0.1, -0.05) is 25.3 Å². The highest BCUT2D eigenvalue weighted by Gasteiger charge is 2.58. The molecule has 3 rings (SSSR count). The van der Waals surface area contributed by atoms with Crippen LogP contribution in [0.15, 0.2) is 12.7 Å². The summed E-state index contributed by atoms with van der Waals surface area (Å²) in [4.78, 5) is 15.0. The van der Waals surface area contributed by atoms with Crippen molar-refractivity contribution >= 4 is 18.3 Å². The van der Waals surface area contributed by atoms with Gasteiger partial charge >= 0.3 is 0 Å². The first-order valence-electron chi connectivity index (χ1n) is 8.85. The van der Waals surface area contributed by atoms with Crippen LogP contribution in [0.4, 0.5) is 0 Å². The molecule has 1 N–H and O–H groups in total. The van der Waals surface area contributed by atoms with E-state index in [1.54, 1.807) is 0 Å². The summed E-state index contributed by atoms with van der Waals surface area (Å²) in [5, 5.41) is 3.42. The van der Waals surface area contributed by atoms with E-state index >= 15 is 0 Å². The Balaban J connectivity index is 0.00000176. The van der Waals surface area contributed by atoms with E-state index in [1.807, 2.05) is 6.08 Å². The van der Waals surface area contributed by atoms with Crippen LogP contribution in [-0.4, -0.2) is 37.0 Å². The normalized spacial score (nSPS) is 27.0. The van der Waals surface area contributed by atoms with Gasteiger partial charge in [-0.2, -0.15) is 0 Å². The van der Waals surface area contributed by atoms with Crippen molar-refractivity contribution in [1.82, 2.24) is 10.2 Å². The Morgan fingerprint density at radius 3 is 2.55 bits per heavy atom. The average molecular weight is 327 g/mol. The molecule has 1 atom stereocenters. The van der Waals surface area contributed by atoms with Crippen LogP contribution in [0, 0.1) is 17.3 Å². The molecule has 1 unspecified atom stereocenters. The molecule has 1 amide bonds. The minimum Gasteiger partial charge on any atom is -0.338 e. The highest BCUT2D eigenvalue weighted by Crippen LogP contribution is 2.59. The standard InChI is InChI=1S/C18H30N2O.ClH/c1-2-12-20(14-15-6-4-3-5-7-15)17(21)16-13-18(16)8-10-19-11-9-18;/h2,15-16,19H,1,3-14H2;1H. The zero-order valence-corrected chi connectivity index (χ0v) is 14.5. The van der Waals surface area contributed by atoms with Crippen molar-refractivity contribution in [2.45, 2.75) is 51.4 Å². The van der Waals surface area contributed by atoms with Crippen LogP contribution in [0.3, 0.4) is 0 Å². The summed E-state index contributed by atoms with van der Waals surface area (Å²) in [6.45, 7) is 7.74.